The molecule has 0 fully saturated rings. The Morgan fingerprint density at radius 1 is 0.903 bits per heavy atom. The maximum absolute atomic E-state index is 13.7. The van der Waals surface area contributed by atoms with Crippen molar-refractivity contribution in [2.24, 2.45) is 0 Å². The largest absolute Gasteiger partial charge is 0.497 e. The van der Waals surface area contributed by atoms with Crippen LogP contribution >= 0.6 is 0 Å². The van der Waals surface area contributed by atoms with Crippen LogP contribution in [-0.4, -0.2) is 32.9 Å². The second kappa shape index (κ2) is 9.72. The number of rotatable bonds is 8. The minimum atomic E-state index is -3.95. The van der Waals surface area contributed by atoms with Gasteiger partial charge in [-0.3, -0.25) is 0 Å². The molecule has 0 aliphatic heterocycles. The highest BCUT2D eigenvalue weighted by molar-refractivity contribution is 7.89. The van der Waals surface area contributed by atoms with Gasteiger partial charge in [0.1, 0.15) is 11.6 Å². The van der Waals surface area contributed by atoms with E-state index in [2.05, 4.69) is 4.74 Å². The fourth-order valence-corrected chi connectivity index (χ4v) is 4.45. The summed E-state index contributed by atoms with van der Waals surface area (Å²) >= 11 is 0. The van der Waals surface area contributed by atoms with E-state index in [0.29, 0.717) is 11.3 Å². The molecule has 3 aromatic rings. The van der Waals surface area contributed by atoms with Gasteiger partial charge in [-0.05, 0) is 59.7 Å². The van der Waals surface area contributed by atoms with Crippen LogP contribution in [0.3, 0.4) is 0 Å². The molecule has 31 heavy (non-hydrogen) atoms. The van der Waals surface area contributed by atoms with E-state index >= 15 is 0 Å². The van der Waals surface area contributed by atoms with Gasteiger partial charge in [0.15, 0.2) is 0 Å². The minimum Gasteiger partial charge on any atom is -0.497 e. The van der Waals surface area contributed by atoms with Gasteiger partial charge in [0.2, 0.25) is 10.0 Å². The summed E-state index contributed by atoms with van der Waals surface area (Å²) in [6.45, 7) is 0.0481. The number of benzene rings is 3. The van der Waals surface area contributed by atoms with E-state index in [-0.39, 0.29) is 23.5 Å². The Morgan fingerprint density at radius 2 is 1.55 bits per heavy atom. The zero-order chi connectivity index (χ0) is 22.4. The molecule has 0 unspecified atom stereocenters. The maximum atomic E-state index is 13.7. The molecule has 3 rings (SSSR count). The number of hydrogen-bond donors (Lipinski definition) is 0. The summed E-state index contributed by atoms with van der Waals surface area (Å²) in [5, 5.41) is 0. The van der Waals surface area contributed by atoms with Crippen molar-refractivity contribution in [3.05, 3.63) is 95.3 Å². The highest BCUT2D eigenvalue weighted by Crippen LogP contribution is 2.23. The van der Waals surface area contributed by atoms with Crippen LogP contribution in [0.15, 0.2) is 77.7 Å². The van der Waals surface area contributed by atoms with E-state index in [4.69, 9.17) is 4.74 Å². The summed E-state index contributed by atoms with van der Waals surface area (Å²) in [5.74, 6) is -0.345. The summed E-state index contributed by atoms with van der Waals surface area (Å²) < 4.78 is 51.5. The number of carbonyl (C=O) groups is 1. The normalized spacial score (nSPS) is 11.4. The van der Waals surface area contributed by atoms with Crippen LogP contribution in [0.5, 0.6) is 5.75 Å². The van der Waals surface area contributed by atoms with Crippen LogP contribution in [0.2, 0.25) is 0 Å². The summed E-state index contributed by atoms with van der Waals surface area (Å²) in [6.07, 6.45) is 0. The van der Waals surface area contributed by atoms with E-state index in [1.165, 1.54) is 53.9 Å². The molecule has 0 saturated heterocycles. The molecule has 0 radical (unpaired) electrons. The van der Waals surface area contributed by atoms with Crippen molar-refractivity contribution in [3.8, 4) is 5.75 Å². The van der Waals surface area contributed by atoms with Gasteiger partial charge < -0.3 is 9.47 Å². The van der Waals surface area contributed by atoms with Crippen molar-refractivity contribution in [2.75, 3.05) is 14.2 Å². The van der Waals surface area contributed by atoms with Crippen molar-refractivity contribution in [1.82, 2.24) is 4.31 Å². The monoisotopic (exact) mass is 443 g/mol. The Morgan fingerprint density at radius 3 is 2.13 bits per heavy atom. The summed E-state index contributed by atoms with van der Waals surface area (Å²) in [5.41, 5.74) is 1.50. The standard InChI is InChI=1S/C23H22FNO5S/c1-29-21-10-6-17(7-11-21)15-25(16-18-4-3-5-20(24)14-18)31(27,28)22-12-8-19(9-13-22)23(26)30-2/h3-14H,15-16H2,1-2H3. The fraction of sp³-hybridized carbons (Fsp3) is 0.174. The quantitative estimate of drug-likeness (QED) is 0.492. The molecule has 0 saturated carbocycles. The predicted octanol–water partition coefficient (Wildman–Crippen LogP) is 4.01. The molecule has 0 heterocycles. The van der Waals surface area contributed by atoms with Crippen molar-refractivity contribution in [1.29, 1.82) is 0 Å². The van der Waals surface area contributed by atoms with Crippen molar-refractivity contribution in [2.45, 2.75) is 18.0 Å². The van der Waals surface area contributed by atoms with Crippen LogP contribution < -0.4 is 4.74 Å². The molecule has 0 spiro atoms. The lowest BCUT2D eigenvalue weighted by atomic mass is 10.2. The van der Waals surface area contributed by atoms with Gasteiger partial charge in [0, 0.05) is 13.1 Å². The second-order valence-corrected chi connectivity index (χ2v) is 8.70. The number of ether oxygens (including phenoxy) is 2. The van der Waals surface area contributed by atoms with Crippen molar-refractivity contribution in [3.63, 3.8) is 0 Å². The van der Waals surface area contributed by atoms with Crippen molar-refractivity contribution < 1.29 is 27.1 Å². The van der Waals surface area contributed by atoms with Crippen LogP contribution in [0.1, 0.15) is 21.5 Å². The third-order valence-corrected chi connectivity index (χ3v) is 6.49. The molecule has 0 N–H and O–H groups in total. The minimum absolute atomic E-state index is 0.0186. The van der Waals surface area contributed by atoms with E-state index in [1.54, 1.807) is 37.4 Å². The SMILES string of the molecule is COC(=O)c1ccc(S(=O)(=O)N(Cc2ccc(OC)cc2)Cc2cccc(F)c2)cc1. The average Bonchev–Trinajstić information content (AvgIpc) is 2.78. The van der Waals surface area contributed by atoms with Gasteiger partial charge in [-0.25, -0.2) is 17.6 Å². The lowest BCUT2D eigenvalue weighted by Crippen LogP contribution is -2.30. The first-order valence-electron chi connectivity index (χ1n) is 9.39. The highest BCUT2D eigenvalue weighted by Gasteiger charge is 2.25. The number of carbonyl (C=O) groups excluding carboxylic acids is 1. The topological polar surface area (TPSA) is 72.9 Å². The van der Waals surface area contributed by atoms with Crippen LogP contribution in [0, 0.1) is 5.82 Å². The Labute approximate surface area is 180 Å². The Bertz CT molecular complexity index is 1150. The molecule has 0 amide bonds. The smallest absolute Gasteiger partial charge is 0.337 e. The summed E-state index contributed by atoms with van der Waals surface area (Å²) in [6, 6.07) is 18.3. The number of esters is 1. The Kier molecular flexibility index (Phi) is 7.04. The van der Waals surface area contributed by atoms with E-state index in [0.717, 1.165) is 5.56 Å². The van der Waals surface area contributed by atoms with Gasteiger partial charge in [-0.1, -0.05) is 24.3 Å². The van der Waals surface area contributed by atoms with Crippen LogP contribution in [0.4, 0.5) is 4.39 Å². The molecule has 0 aromatic heterocycles. The molecule has 8 heteroatoms. The first-order chi connectivity index (χ1) is 14.8. The Hall–Kier alpha value is -3.23. The Balaban J connectivity index is 1.95. The molecule has 3 aromatic carbocycles. The van der Waals surface area contributed by atoms with Gasteiger partial charge >= 0.3 is 5.97 Å². The number of methoxy groups -OCH3 is 2. The molecule has 0 atom stereocenters. The van der Waals surface area contributed by atoms with Crippen molar-refractivity contribution >= 4 is 16.0 Å². The van der Waals surface area contributed by atoms with Crippen LogP contribution in [-0.2, 0) is 27.8 Å². The van der Waals surface area contributed by atoms with E-state index < -0.39 is 21.8 Å². The van der Waals surface area contributed by atoms with E-state index in [1.807, 2.05) is 0 Å². The zero-order valence-corrected chi connectivity index (χ0v) is 17.9. The fourth-order valence-electron chi connectivity index (χ4n) is 3.03. The predicted molar refractivity (Wildman–Crippen MR) is 114 cm³/mol. The third kappa shape index (κ3) is 5.48. The molecular formula is C23H22FNO5S. The molecule has 0 aliphatic rings. The molecular weight excluding hydrogens is 421 g/mol. The number of nitrogens with zero attached hydrogens (tertiary/aromatic N) is 1. The average molecular weight is 443 g/mol. The number of halogens is 1. The molecule has 6 nitrogen and oxygen atoms in total. The lowest BCUT2D eigenvalue weighted by Gasteiger charge is -2.23. The number of sulfonamides is 1. The molecule has 162 valence electrons. The third-order valence-electron chi connectivity index (χ3n) is 4.68. The van der Waals surface area contributed by atoms with Crippen LogP contribution in [0.25, 0.3) is 0 Å². The van der Waals surface area contributed by atoms with Gasteiger partial charge in [0.25, 0.3) is 0 Å². The summed E-state index contributed by atoms with van der Waals surface area (Å²) in [7, 11) is -1.15. The van der Waals surface area contributed by atoms with Gasteiger partial charge in [-0.2, -0.15) is 4.31 Å². The molecule has 0 bridgehead atoms. The first-order valence-corrected chi connectivity index (χ1v) is 10.8. The maximum Gasteiger partial charge on any atom is 0.337 e. The highest BCUT2D eigenvalue weighted by atomic mass is 32.2. The van der Waals surface area contributed by atoms with Gasteiger partial charge in [0.05, 0.1) is 24.7 Å². The zero-order valence-electron chi connectivity index (χ0n) is 17.1. The molecule has 0 aliphatic carbocycles. The first kappa shape index (κ1) is 22.5. The number of hydrogen-bond acceptors (Lipinski definition) is 5. The second-order valence-electron chi connectivity index (χ2n) is 6.77. The van der Waals surface area contributed by atoms with Gasteiger partial charge in [-0.15, -0.1) is 0 Å². The van der Waals surface area contributed by atoms with E-state index in [9.17, 15) is 17.6 Å². The lowest BCUT2D eigenvalue weighted by molar-refractivity contribution is 0.0600. The summed E-state index contributed by atoms with van der Waals surface area (Å²) in [4.78, 5) is 11.7.